The summed E-state index contributed by atoms with van der Waals surface area (Å²) in [5.41, 5.74) is 3.75. The van der Waals surface area contributed by atoms with Crippen molar-refractivity contribution in [2.75, 3.05) is 43.5 Å². The average Bonchev–Trinajstić information content (AvgIpc) is 3.44. The number of ether oxygens (including phenoxy) is 2. The van der Waals surface area contributed by atoms with Crippen molar-refractivity contribution in [1.82, 2.24) is 4.90 Å². The lowest BCUT2D eigenvalue weighted by Crippen LogP contribution is -2.49. The molecular weight excluding hydrogens is 599 g/mol. The van der Waals surface area contributed by atoms with E-state index in [-0.39, 0.29) is 30.2 Å². The molecule has 46 heavy (non-hydrogen) atoms. The molecule has 11 heteroatoms. The van der Waals surface area contributed by atoms with Crippen LogP contribution in [0.4, 0.5) is 24.5 Å². The zero-order valence-corrected chi connectivity index (χ0v) is 26.1. The fourth-order valence-corrected chi connectivity index (χ4v) is 6.16. The number of hydrogen-bond acceptors (Lipinski definition) is 7. The quantitative estimate of drug-likeness (QED) is 0.141. The number of nitrogens with zero attached hydrogens (tertiary/aromatic N) is 2. The molecule has 3 aromatic carbocycles. The molecule has 0 aromatic heterocycles. The number of anilines is 2. The first kappa shape index (κ1) is 32.9. The van der Waals surface area contributed by atoms with Gasteiger partial charge >= 0.3 is 12.1 Å². The number of alkyl halides is 3. The predicted molar refractivity (Wildman–Crippen MR) is 169 cm³/mol. The molecule has 1 saturated heterocycles. The van der Waals surface area contributed by atoms with Crippen molar-refractivity contribution in [3.8, 4) is 0 Å². The Bertz CT molecular complexity index is 1660. The Balaban J connectivity index is 1.47. The Kier molecular flexibility index (Phi) is 9.64. The topological polar surface area (TPSA) is 88.2 Å². The van der Waals surface area contributed by atoms with Gasteiger partial charge in [-0.05, 0) is 91.9 Å². The Morgan fingerprint density at radius 1 is 1.00 bits per heavy atom. The maximum absolute atomic E-state index is 13.4. The van der Waals surface area contributed by atoms with Gasteiger partial charge < -0.3 is 19.7 Å². The summed E-state index contributed by atoms with van der Waals surface area (Å²) in [6, 6.07) is 14.8. The van der Waals surface area contributed by atoms with Gasteiger partial charge in [-0.15, -0.1) is 0 Å². The number of hydrogen-bond donors (Lipinski definition) is 1. The molecule has 0 saturated carbocycles. The third kappa shape index (κ3) is 7.16. The number of rotatable bonds is 8. The molecule has 0 radical (unpaired) electrons. The number of methoxy groups -OCH3 is 1. The number of amides is 1. The minimum absolute atomic E-state index is 0.000200. The van der Waals surface area contributed by atoms with Crippen LogP contribution in [-0.2, 0) is 31.7 Å². The molecule has 0 bridgehead atoms. The van der Waals surface area contributed by atoms with Crippen LogP contribution in [0, 0.1) is 6.92 Å². The summed E-state index contributed by atoms with van der Waals surface area (Å²) >= 11 is 0. The second kappa shape index (κ2) is 13.5. The highest BCUT2D eigenvalue weighted by Gasteiger charge is 2.31. The highest BCUT2D eigenvalue weighted by molar-refractivity contribution is 6.19. The summed E-state index contributed by atoms with van der Waals surface area (Å²) in [4.78, 5) is 41.9. The second-order valence-corrected chi connectivity index (χ2v) is 11.7. The van der Waals surface area contributed by atoms with Gasteiger partial charge in [-0.3, -0.25) is 14.5 Å². The summed E-state index contributed by atoms with van der Waals surface area (Å²) in [7, 11) is 1.27. The van der Waals surface area contributed by atoms with E-state index >= 15 is 0 Å². The number of carbonyl (C=O) groups is 3. The molecule has 1 N–H and O–H groups in total. The minimum Gasteiger partial charge on any atom is -0.465 e. The number of esters is 1. The Morgan fingerprint density at radius 2 is 1.67 bits per heavy atom. The fraction of sp³-hybridized carbons (Fsp3) is 0.343. The highest BCUT2D eigenvalue weighted by atomic mass is 19.4. The normalized spacial score (nSPS) is 18.9. The first-order chi connectivity index (χ1) is 21.9. The number of halogens is 3. The first-order valence-corrected chi connectivity index (χ1v) is 15.0. The zero-order valence-electron chi connectivity index (χ0n) is 26.1. The largest absolute Gasteiger partial charge is 0.465 e. The number of allylic oxidation sites excluding steroid dienone is 1. The number of benzene rings is 3. The number of carbonyl (C=O) groups excluding carboxylic acids is 3. The van der Waals surface area contributed by atoms with Gasteiger partial charge in [-0.25, -0.2) is 4.79 Å². The van der Waals surface area contributed by atoms with Crippen LogP contribution in [0.1, 0.15) is 52.0 Å². The van der Waals surface area contributed by atoms with Gasteiger partial charge in [0, 0.05) is 36.6 Å². The van der Waals surface area contributed by atoms with E-state index in [1.54, 1.807) is 30.0 Å². The fourth-order valence-electron chi connectivity index (χ4n) is 6.16. The number of aldehydes is 1. The number of aryl methyl sites for hydroxylation is 1. The summed E-state index contributed by atoms with van der Waals surface area (Å²) in [6.45, 7) is 7.90. The van der Waals surface area contributed by atoms with E-state index < -0.39 is 17.7 Å². The van der Waals surface area contributed by atoms with E-state index in [9.17, 15) is 27.6 Å². The van der Waals surface area contributed by atoms with Crippen LogP contribution in [0.2, 0.25) is 0 Å². The average molecular weight is 636 g/mol. The van der Waals surface area contributed by atoms with Gasteiger partial charge in [-0.1, -0.05) is 18.2 Å². The maximum atomic E-state index is 13.4. The van der Waals surface area contributed by atoms with Crippen molar-refractivity contribution in [3.63, 3.8) is 0 Å². The lowest BCUT2D eigenvalue weighted by molar-refractivity contribution is -0.137. The van der Waals surface area contributed by atoms with E-state index in [2.05, 4.69) is 10.2 Å². The molecule has 2 heterocycles. The summed E-state index contributed by atoms with van der Waals surface area (Å²) < 4.78 is 50.7. The molecule has 5 rings (SSSR count). The van der Waals surface area contributed by atoms with Gasteiger partial charge in [-0.2, -0.15) is 13.2 Å². The van der Waals surface area contributed by atoms with Crippen LogP contribution in [0.3, 0.4) is 0 Å². The summed E-state index contributed by atoms with van der Waals surface area (Å²) in [5, 5.41) is 3.28. The van der Waals surface area contributed by atoms with Crippen molar-refractivity contribution in [2.45, 2.75) is 45.6 Å². The molecule has 2 aliphatic rings. The molecule has 1 amide bonds. The molecule has 0 spiro atoms. The molecule has 8 nitrogen and oxygen atoms in total. The zero-order chi connectivity index (χ0) is 33.2. The van der Waals surface area contributed by atoms with E-state index in [1.165, 1.54) is 25.3 Å². The molecule has 242 valence electrons. The van der Waals surface area contributed by atoms with Crippen LogP contribution in [0.15, 0.2) is 60.7 Å². The van der Waals surface area contributed by atoms with E-state index in [1.807, 2.05) is 26.0 Å². The van der Waals surface area contributed by atoms with Gasteiger partial charge in [0.2, 0.25) is 5.91 Å². The smallest absolute Gasteiger partial charge is 0.416 e. The van der Waals surface area contributed by atoms with Crippen LogP contribution >= 0.6 is 0 Å². The van der Waals surface area contributed by atoms with E-state index in [0.717, 1.165) is 23.4 Å². The highest BCUT2D eigenvalue weighted by Crippen LogP contribution is 2.36. The van der Waals surface area contributed by atoms with Gasteiger partial charge in [0.1, 0.15) is 0 Å². The third-order valence-corrected chi connectivity index (χ3v) is 8.23. The van der Waals surface area contributed by atoms with Crippen molar-refractivity contribution in [2.24, 2.45) is 0 Å². The van der Waals surface area contributed by atoms with Crippen LogP contribution in [0.5, 0.6) is 0 Å². The standard InChI is InChI=1S/C35H36F3N3O5/c1-21-15-26(34(44)45-4)7-11-29(21)30(20-42)33(24-5-8-27(9-6-24)35(36,37)38)39-28-10-12-31-25(16-28)13-14-41(31)32(43)19-40-17-22(2)46-23(3)18-40/h5-12,15-16,20,22-23,39H,13-14,17-19H2,1-4H3/b33-30+. The minimum atomic E-state index is -4.52. The first-order valence-electron chi connectivity index (χ1n) is 15.0. The van der Waals surface area contributed by atoms with Gasteiger partial charge in [0.25, 0.3) is 0 Å². The summed E-state index contributed by atoms with van der Waals surface area (Å²) in [5.74, 6) is -0.535. The van der Waals surface area contributed by atoms with Crippen LogP contribution < -0.4 is 10.2 Å². The van der Waals surface area contributed by atoms with Crippen molar-refractivity contribution in [1.29, 1.82) is 0 Å². The SMILES string of the molecule is COC(=O)c1ccc(/C(C=O)=C(/Nc2ccc3c(c2)CCN3C(=O)CN2CC(C)OC(C)C2)c2ccc(C(F)(F)F)cc2)c(C)c1. The second-order valence-electron chi connectivity index (χ2n) is 11.7. The molecule has 0 aliphatic carbocycles. The predicted octanol–water partition coefficient (Wildman–Crippen LogP) is 5.98. The van der Waals surface area contributed by atoms with Crippen LogP contribution in [0.25, 0.3) is 11.3 Å². The van der Waals surface area contributed by atoms with Crippen molar-refractivity contribution < 1.29 is 37.0 Å². The van der Waals surface area contributed by atoms with Crippen molar-refractivity contribution in [3.05, 3.63) is 94.0 Å². The number of fused-ring (bicyclic) bond motifs is 1. The van der Waals surface area contributed by atoms with Gasteiger partial charge in [0.05, 0.1) is 42.7 Å². The third-order valence-electron chi connectivity index (χ3n) is 8.23. The Morgan fingerprint density at radius 3 is 2.28 bits per heavy atom. The summed E-state index contributed by atoms with van der Waals surface area (Å²) in [6.07, 6.45) is -3.16. The van der Waals surface area contributed by atoms with Crippen molar-refractivity contribution >= 4 is 40.8 Å². The molecule has 1 fully saturated rings. The number of nitrogens with one attached hydrogen (secondary N) is 1. The lowest BCUT2D eigenvalue weighted by Gasteiger charge is -2.35. The monoisotopic (exact) mass is 635 g/mol. The molecule has 3 aromatic rings. The molecule has 2 aliphatic heterocycles. The molecular formula is C35H36F3N3O5. The van der Waals surface area contributed by atoms with E-state index in [4.69, 9.17) is 9.47 Å². The lowest BCUT2D eigenvalue weighted by atomic mass is 9.94. The van der Waals surface area contributed by atoms with E-state index in [0.29, 0.717) is 66.0 Å². The Labute approximate surface area is 265 Å². The molecule has 2 atom stereocenters. The maximum Gasteiger partial charge on any atom is 0.416 e. The molecule has 2 unspecified atom stereocenters. The van der Waals surface area contributed by atoms with Crippen LogP contribution in [-0.4, -0.2) is 68.6 Å². The van der Waals surface area contributed by atoms with Gasteiger partial charge in [0.15, 0.2) is 6.29 Å². The number of morpholine rings is 1. The Hall–Kier alpha value is -4.48.